The second-order valence-corrected chi connectivity index (χ2v) is 31.7. The zero-order chi connectivity index (χ0) is 82.4. The van der Waals surface area contributed by atoms with Gasteiger partial charge in [-0.1, -0.05) is 35.3 Å². The largest absolute Gasteiger partial charge is 0.477 e. The zero-order valence-electron chi connectivity index (χ0n) is 65.8. The summed E-state index contributed by atoms with van der Waals surface area (Å²) in [5, 5.41) is 23.4. The highest BCUT2D eigenvalue weighted by Gasteiger charge is 2.41. The Labute approximate surface area is 667 Å². The van der Waals surface area contributed by atoms with Crippen molar-refractivity contribution in [2.45, 2.75) is 79.0 Å². The number of ether oxygens (including phenoxy) is 3. The van der Waals surface area contributed by atoms with Gasteiger partial charge in [0.1, 0.15) is 5.60 Å². The van der Waals surface area contributed by atoms with Crippen LogP contribution in [-0.4, -0.2) is 258 Å². The number of rotatable bonds is 22. The molecule has 4 saturated heterocycles. The van der Waals surface area contributed by atoms with Crippen molar-refractivity contribution in [2.24, 2.45) is 25.9 Å². The molecule has 0 bridgehead atoms. The Morgan fingerprint density at radius 1 is 0.518 bits per heavy atom. The minimum atomic E-state index is -1.10. The first-order valence-electron chi connectivity index (χ1n) is 37.6. The number of esters is 1. The predicted molar refractivity (Wildman–Crippen MR) is 417 cm³/mol. The molecule has 4 aromatic heterocycles. The Morgan fingerprint density at radius 3 is 1.22 bits per heavy atom. The lowest BCUT2D eigenvalue weighted by molar-refractivity contribution is -0.908. The van der Waals surface area contributed by atoms with Gasteiger partial charge >= 0.3 is 11.9 Å². The monoisotopic (exact) mass is 1620 g/mol. The summed E-state index contributed by atoms with van der Waals surface area (Å²) in [7, 11) is 10.1. The number of aliphatic carboxylic acids is 1. The van der Waals surface area contributed by atoms with Crippen molar-refractivity contribution in [3.63, 3.8) is 0 Å². The molecular weight excluding hydrogens is 1520 g/mol. The van der Waals surface area contributed by atoms with Crippen LogP contribution in [-0.2, 0) is 60.6 Å². The normalized spacial score (nSPS) is 18.6. The first kappa shape index (κ1) is 84.5. The van der Waals surface area contributed by atoms with Crippen LogP contribution in [0.1, 0.15) is 99.8 Å². The van der Waals surface area contributed by atoms with Crippen LogP contribution in [0, 0.1) is 49.0 Å². The summed E-state index contributed by atoms with van der Waals surface area (Å²) in [6, 6.07) is 14.8. The molecule has 0 spiro atoms. The summed E-state index contributed by atoms with van der Waals surface area (Å²) in [6.07, 6.45) is 8.14. The minimum absolute atomic E-state index is 0.0374. The van der Waals surface area contributed by atoms with Crippen LogP contribution in [0.15, 0.2) is 85.5 Å². The average Bonchev–Trinajstić information content (AvgIpc) is 1.60. The highest BCUT2D eigenvalue weighted by Crippen LogP contribution is 2.37. The summed E-state index contributed by atoms with van der Waals surface area (Å²) in [5.74, 6) is -7.57. The van der Waals surface area contributed by atoms with E-state index in [4.69, 9.17) is 37.4 Å². The standard InChI is InChI=1S/C42H51ClF2N8O6.C38H43ClF2N8O6/c1-26-32(23-47-52(26)18-21-58-7)29-10-11-31(37(45)36(29)44)34-24-46-38(49(34)5)39(55)48-28-8-9-30(33(43)22-28)41(57)51-16-14-50(15-17-51)40(56)27-12-19-53(6,20-13-27)25-35(54)59-42(2,3)4;1-23-29(20-43-48(23)15-18-55-4)26-7-8-28(34(41)33(26)40)31-21-42-35(45(31)2)36(52)44-25-5-6-27(30(39)19-25)38(54)47-13-11-46(12-14-47)37(53)24-9-16-49(3,17-10-24)22-32(50)51/h8-11,22-24,27H,12-21,25H2,1-7H3;5-8,19-21,24H,9-18,22H2,1-4H3,(H-,44,50,51,52,54)/p+2. The lowest BCUT2D eigenvalue weighted by Crippen LogP contribution is -2.56. The number of quaternary nitrogens is 2. The lowest BCUT2D eigenvalue weighted by Gasteiger charge is -2.42. The second-order valence-electron chi connectivity index (χ2n) is 30.9. The van der Waals surface area contributed by atoms with E-state index in [2.05, 4.69) is 30.8 Å². The summed E-state index contributed by atoms with van der Waals surface area (Å²) in [4.78, 5) is 119. The first-order chi connectivity index (χ1) is 54.1. The number of imidazole rings is 2. The van der Waals surface area contributed by atoms with E-state index in [0.29, 0.717) is 173 Å². The average molecular weight is 1620 g/mol. The molecule has 4 aliphatic rings. The maximum atomic E-state index is 15.6. The number of hydrogen-bond acceptors (Lipinski definition) is 15. The van der Waals surface area contributed by atoms with Crippen LogP contribution < -0.4 is 10.6 Å². The van der Waals surface area contributed by atoms with E-state index in [0.717, 1.165) is 0 Å². The summed E-state index contributed by atoms with van der Waals surface area (Å²) < 4.78 is 84.8. The fraction of sp³-hybridized carbons (Fsp3) is 0.450. The SMILES string of the molecule is COCCn1ncc(-c2ccc(-c3cnc(C(=O)Nc4ccc(C(=O)N5CCN(C(=O)C6CC[N+](C)(CC(=O)O)CC6)CC5)c(Cl)c4)n3C)c(F)c2F)c1C.COCCn1ncc(-c2ccc(-c3cnc(C(=O)Nc4ccc(C(=O)N5CCN(C(=O)C6CC[N+](C)(CC(=O)OC(C)(C)C)CC6)CC5)c(Cl)c4)n3C)c(F)c2F)c1C. The number of anilines is 2. The molecule has 4 aliphatic heterocycles. The van der Waals surface area contributed by atoms with Crippen LogP contribution in [0.5, 0.6) is 0 Å². The second kappa shape index (κ2) is 35.6. The van der Waals surface area contributed by atoms with Crippen molar-refractivity contribution < 1.29 is 84.2 Å². The van der Waals surface area contributed by atoms with Crippen molar-refractivity contribution in [3.05, 3.63) is 153 Å². The molecule has 8 heterocycles. The Bertz CT molecular complexity index is 4960. The third-order valence-electron chi connectivity index (χ3n) is 21.8. The molecule has 114 heavy (non-hydrogen) atoms. The number of carboxylic acids is 1. The Morgan fingerprint density at radius 2 is 0.868 bits per heavy atom. The number of piperazine rings is 2. The van der Waals surface area contributed by atoms with Crippen LogP contribution in [0.4, 0.5) is 28.9 Å². The number of carbonyl (C=O) groups is 8. The molecule has 0 unspecified atom stereocenters. The number of nitrogens with zero attached hydrogens (tertiary/aromatic N) is 14. The highest BCUT2D eigenvalue weighted by atomic mass is 35.5. The van der Waals surface area contributed by atoms with E-state index in [1.54, 1.807) is 58.2 Å². The van der Waals surface area contributed by atoms with Gasteiger partial charge in [-0.3, -0.25) is 38.1 Å². The number of methoxy groups -OCH3 is 2. The molecule has 8 aromatic rings. The number of carbonyl (C=O) groups excluding carboxylic acids is 7. The van der Waals surface area contributed by atoms with Gasteiger partial charge in [0, 0.05) is 174 Å². The Hall–Kier alpha value is -10.4. The molecule has 4 fully saturated rings. The molecule has 34 heteroatoms. The quantitative estimate of drug-likeness (QED) is 0.0323. The number of likely N-dealkylation sites (tertiary alicyclic amines) is 2. The third-order valence-corrected chi connectivity index (χ3v) is 22.4. The van der Waals surface area contributed by atoms with Crippen LogP contribution >= 0.6 is 23.2 Å². The van der Waals surface area contributed by atoms with Crippen molar-refractivity contribution >= 4 is 82.0 Å². The van der Waals surface area contributed by atoms with Gasteiger partial charge in [0.15, 0.2) is 48.0 Å². The highest BCUT2D eigenvalue weighted by molar-refractivity contribution is 6.34. The summed E-state index contributed by atoms with van der Waals surface area (Å²) in [6.45, 7) is 16.7. The van der Waals surface area contributed by atoms with E-state index in [-0.39, 0.29) is 121 Å². The molecule has 0 aliphatic carbocycles. The fourth-order valence-electron chi connectivity index (χ4n) is 15.1. The van der Waals surface area contributed by atoms with Crippen LogP contribution in [0.3, 0.4) is 0 Å². The number of amides is 6. The number of aromatic nitrogens is 8. The first-order valence-corrected chi connectivity index (χ1v) is 38.4. The molecule has 3 N–H and O–H groups in total. The zero-order valence-corrected chi connectivity index (χ0v) is 67.3. The van der Waals surface area contributed by atoms with Gasteiger partial charge in [-0.25, -0.2) is 37.1 Å². The molecule has 4 aromatic carbocycles. The molecule has 6 amide bonds. The maximum Gasteiger partial charge on any atom is 0.362 e. The van der Waals surface area contributed by atoms with E-state index in [1.807, 2.05) is 39.8 Å². The van der Waals surface area contributed by atoms with Gasteiger partial charge < -0.3 is 67.7 Å². The number of hydrogen-bond donors (Lipinski definition) is 3. The number of benzene rings is 4. The van der Waals surface area contributed by atoms with Gasteiger partial charge in [0.2, 0.25) is 11.8 Å². The third kappa shape index (κ3) is 19.0. The van der Waals surface area contributed by atoms with Crippen molar-refractivity contribution in [1.82, 2.24) is 58.3 Å². The van der Waals surface area contributed by atoms with Gasteiger partial charge in [0.25, 0.3) is 23.6 Å². The van der Waals surface area contributed by atoms with Crippen LogP contribution in [0.25, 0.3) is 44.8 Å². The topological polar surface area (TPSA) is 293 Å². The number of likely N-dealkylation sites (N-methyl/N-ethyl adjacent to an activating group) is 2. The van der Waals surface area contributed by atoms with Crippen molar-refractivity contribution in [3.8, 4) is 44.8 Å². The van der Waals surface area contributed by atoms with Crippen molar-refractivity contribution in [1.29, 1.82) is 0 Å². The minimum Gasteiger partial charge on any atom is -0.477 e. The van der Waals surface area contributed by atoms with Gasteiger partial charge in [-0.2, -0.15) is 10.2 Å². The predicted octanol–water partition coefficient (Wildman–Crippen LogP) is 9.89. The van der Waals surface area contributed by atoms with Gasteiger partial charge in [0.05, 0.1) is 124 Å². The van der Waals surface area contributed by atoms with Gasteiger partial charge in [-0.05, 0) is 83.1 Å². The van der Waals surface area contributed by atoms with E-state index in [9.17, 15) is 43.5 Å². The fourth-order valence-corrected chi connectivity index (χ4v) is 15.6. The number of nitrogens with one attached hydrogen (secondary N) is 2. The van der Waals surface area contributed by atoms with Crippen molar-refractivity contribution in [2.75, 3.05) is 144 Å². The molecular formula is C80H96Cl2F4N16O12+2. The lowest BCUT2D eigenvalue weighted by atomic mass is 9.93. The molecule has 0 saturated carbocycles. The smallest absolute Gasteiger partial charge is 0.362 e. The maximum absolute atomic E-state index is 15.6. The molecule has 12 rings (SSSR count). The Kier molecular flexibility index (Phi) is 26.4. The molecule has 0 radical (unpaired) electrons. The van der Waals surface area contributed by atoms with E-state index >= 15 is 17.6 Å². The summed E-state index contributed by atoms with van der Waals surface area (Å²) >= 11 is 13.1. The van der Waals surface area contributed by atoms with Crippen LogP contribution in [0.2, 0.25) is 10.0 Å². The number of carboxylic acid groups (broad SMARTS) is 1. The Balaban J connectivity index is 0.000000225. The molecule has 608 valence electrons. The summed E-state index contributed by atoms with van der Waals surface area (Å²) in [5.41, 5.74) is 3.07. The van der Waals surface area contributed by atoms with Gasteiger partial charge in [-0.15, -0.1) is 0 Å². The number of piperidine rings is 2. The van der Waals surface area contributed by atoms with E-state index < -0.39 is 46.7 Å². The molecule has 28 nitrogen and oxygen atoms in total. The molecule has 0 atom stereocenters. The van der Waals surface area contributed by atoms with E-state index in [1.165, 1.54) is 103 Å². The number of halogens is 6.